The van der Waals surface area contributed by atoms with Crippen LogP contribution in [0.5, 0.6) is 0 Å². The average molecular weight is 563 g/mol. The van der Waals surface area contributed by atoms with Gasteiger partial charge in [0.15, 0.2) is 0 Å². The number of fused-ring (bicyclic) bond motifs is 1. The van der Waals surface area contributed by atoms with Crippen LogP contribution in [0.1, 0.15) is 59.4 Å². The molecule has 1 atom stereocenters. The molecule has 12 heteroatoms. The minimum absolute atomic E-state index is 0.0255. The van der Waals surface area contributed by atoms with Crippen LogP contribution in [0.3, 0.4) is 0 Å². The number of hydrogen-bond acceptors (Lipinski definition) is 5. The Hall–Kier alpha value is -3.57. The number of nitrogens with zero attached hydrogens (tertiary/aromatic N) is 3. The number of carbonyl (C=O) groups is 2. The number of carbonyl (C=O) groups excluding carboxylic acids is 2. The van der Waals surface area contributed by atoms with Gasteiger partial charge in [0.25, 0.3) is 18.2 Å². The van der Waals surface area contributed by atoms with Crippen LogP contribution in [0.4, 0.5) is 23.2 Å². The van der Waals surface area contributed by atoms with Crippen molar-refractivity contribution in [3.05, 3.63) is 88.0 Å². The van der Waals surface area contributed by atoms with E-state index in [-0.39, 0.29) is 46.0 Å². The van der Waals surface area contributed by atoms with E-state index in [1.807, 2.05) is 0 Å². The van der Waals surface area contributed by atoms with Crippen LogP contribution in [0.15, 0.2) is 48.8 Å². The van der Waals surface area contributed by atoms with Gasteiger partial charge in [-0.05, 0) is 55.9 Å². The maximum absolute atomic E-state index is 15.0. The Morgan fingerprint density at radius 3 is 2.54 bits per heavy atom. The molecular weight excluding hydrogens is 540 g/mol. The maximum Gasteiger partial charge on any atom is 0.281 e. The van der Waals surface area contributed by atoms with Gasteiger partial charge in [-0.1, -0.05) is 23.7 Å². The summed E-state index contributed by atoms with van der Waals surface area (Å²) in [6, 6.07) is 7.10. The van der Waals surface area contributed by atoms with Crippen molar-refractivity contribution in [3.8, 4) is 0 Å². The van der Waals surface area contributed by atoms with Crippen LogP contribution in [-0.2, 0) is 10.4 Å². The van der Waals surface area contributed by atoms with Crippen LogP contribution in [0.2, 0.25) is 5.02 Å². The zero-order valence-electron chi connectivity index (χ0n) is 20.4. The van der Waals surface area contributed by atoms with Crippen LogP contribution in [-0.4, -0.2) is 39.5 Å². The molecule has 0 spiro atoms. The standard InChI is InChI=1S/C27H23ClF4N4O3/c28-15-10-18(22(24(31)32)34-11-15)25(37)35-17-7-4-14(5-8-17)13-36-23-19(2-1-3-20(23)30)27(39,26(36)38)21-9-6-16(29)12-33-21/h1-3,6,9-12,14,17,24,39H,4-5,7-8,13H2,(H,35,37)/t14-,17-,27?. The molecule has 0 saturated heterocycles. The second kappa shape index (κ2) is 10.5. The third kappa shape index (κ3) is 4.96. The molecule has 3 aromatic rings. The fraction of sp³-hybridized carbons (Fsp3) is 0.333. The van der Waals surface area contributed by atoms with Gasteiger partial charge in [0.05, 0.1) is 28.2 Å². The molecule has 2 aromatic heterocycles. The summed E-state index contributed by atoms with van der Waals surface area (Å²) in [6.07, 6.45) is 1.06. The van der Waals surface area contributed by atoms with Crippen molar-refractivity contribution in [1.29, 1.82) is 0 Å². The molecule has 0 bridgehead atoms. The highest BCUT2D eigenvalue weighted by Crippen LogP contribution is 2.46. The summed E-state index contributed by atoms with van der Waals surface area (Å²) in [6.45, 7) is 0.102. The normalized spacial score (nSPS) is 22.7. The van der Waals surface area contributed by atoms with E-state index in [1.54, 1.807) is 0 Å². The first-order valence-corrected chi connectivity index (χ1v) is 12.7. The number of alkyl halides is 2. The second-order valence-electron chi connectivity index (χ2n) is 9.70. The lowest BCUT2D eigenvalue weighted by Crippen LogP contribution is -2.45. The fourth-order valence-corrected chi connectivity index (χ4v) is 5.48. The third-order valence-electron chi connectivity index (χ3n) is 7.26. The number of aromatic nitrogens is 2. The van der Waals surface area contributed by atoms with Gasteiger partial charge in [0.1, 0.15) is 17.3 Å². The quantitative estimate of drug-likeness (QED) is 0.416. The van der Waals surface area contributed by atoms with Gasteiger partial charge < -0.3 is 15.3 Å². The molecule has 1 aliphatic heterocycles. The van der Waals surface area contributed by atoms with Gasteiger partial charge in [-0.3, -0.25) is 19.6 Å². The van der Waals surface area contributed by atoms with E-state index >= 15 is 0 Å². The van der Waals surface area contributed by atoms with Gasteiger partial charge in [-0.25, -0.2) is 17.6 Å². The number of para-hydroxylation sites is 1. The second-order valence-corrected chi connectivity index (χ2v) is 10.1. The molecule has 2 aliphatic rings. The highest BCUT2D eigenvalue weighted by molar-refractivity contribution is 6.30. The predicted molar refractivity (Wildman–Crippen MR) is 133 cm³/mol. The number of rotatable bonds is 6. The van der Waals surface area contributed by atoms with Crippen LogP contribution in [0, 0.1) is 17.6 Å². The lowest BCUT2D eigenvalue weighted by atomic mass is 9.85. The first kappa shape index (κ1) is 27.0. The van der Waals surface area contributed by atoms with Crippen molar-refractivity contribution in [1.82, 2.24) is 15.3 Å². The number of aliphatic hydroxyl groups is 1. The van der Waals surface area contributed by atoms with Crippen LogP contribution < -0.4 is 10.2 Å². The Bertz CT molecular complexity index is 1420. The Balaban J connectivity index is 1.29. The summed E-state index contributed by atoms with van der Waals surface area (Å²) in [5.74, 6) is -2.92. The van der Waals surface area contributed by atoms with Gasteiger partial charge in [-0.15, -0.1) is 0 Å². The summed E-state index contributed by atoms with van der Waals surface area (Å²) in [5.41, 5.74) is -3.36. The molecule has 1 saturated carbocycles. The van der Waals surface area contributed by atoms with Crippen molar-refractivity contribution in [2.75, 3.05) is 11.4 Å². The van der Waals surface area contributed by atoms with Crippen molar-refractivity contribution in [2.45, 2.75) is 43.8 Å². The SMILES string of the molecule is O=C(N[C@H]1CC[C@H](CN2C(=O)C(O)(c3ccc(F)cn3)c3cccc(F)c32)CC1)c1cc(Cl)cnc1C(F)F. The summed E-state index contributed by atoms with van der Waals surface area (Å²) in [5, 5.41) is 14.3. The predicted octanol–water partition coefficient (Wildman–Crippen LogP) is 4.92. The topological polar surface area (TPSA) is 95.4 Å². The van der Waals surface area contributed by atoms with E-state index in [0.717, 1.165) is 24.5 Å². The zero-order chi connectivity index (χ0) is 27.9. The first-order valence-electron chi connectivity index (χ1n) is 12.3. The summed E-state index contributed by atoms with van der Waals surface area (Å²) >= 11 is 5.85. The van der Waals surface area contributed by atoms with E-state index in [0.29, 0.717) is 25.7 Å². The third-order valence-corrected chi connectivity index (χ3v) is 7.47. The first-order chi connectivity index (χ1) is 18.6. The molecular formula is C27H23ClF4N4O3. The fourth-order valence-electron chi connectivity index (χ4n) is 5.32. The summed E-state index contributed by atoms with van der Waals surface area (Å²) in [7, 11) is 0. The lowest BCUT2D eigenvalue weighted by molar-refractivity contribution is -0.132. The molecule has 2 amide bonds. The van der Waals surface area contributed by atoms with Crippen molar-refractivity contribution >= 4 is 29.1 Å². The number of pyridine rings is 2. The van der Waals surface area contributed by atoms with E-state index in [9.17, 15) is 32.3 Å². The van der Waals surface area contributed by atoms with Crippen molar-refractivity contribution < 1.29 is 32.3 Å². The molecule has 5 rings (SSSR count). The molecule has 3 heterocycles. The number of hydrogen-bond donors (Lipinski definition) is 2. The molecule has 1 aromatic carbocycles. The highest BCUT2D eigenvalue weighted by atomic mass is 35.5. The zero-order valence-corrected chi connectivity index (χ0v) is 21.1. The number of halogens is 5. The Kier molecular flexibility index (Phi) is 7.30. The Labute approximate surface area is 225 Å². The largest absolute Gasteiger partial charge is 0.370 e. The number of amides is 2. The van der Waals surface area contributed by atoms with E-state index in [2.05, 4.69) is 15.3 Å². The Morgan fingerprint density at radius 2 is 1.87 bits per heavy atom. The van der Waals surface area contributed by atoms with Crippen LogP contribution in [0.25, 0.3) is 0 Å². The molecule has 204 valence electrons. The van der Waals surface area contributed by atoms with Gasteiger partial charge in [-0.2, -0.15) is 0 Å². The minimum Gasteiger partial charge on any atom is -0.370 e. The van der Waals surface area contributed by atoms with Crippen molar-refractivity contribution in [3.63, 3.8) is 0 Å². The highest BCUT2D eigenvalue weighted by Gasteiger charge is 2.53. The molecule has 7 nitrogen and oxygen atoms in total. The summed E-state index contributed by atoms with van der Waals surface area (Å²) in [4.78, 5) is 34.9. The molecule has 0 radical (unpaired) electrons. The molecule has 1 aliphatic carbocycles. The monoisotopic (exact) mass is 562 g/mol. The molecule has 2 N–H and O–H groups in total. The lowest BCUT2D eigenvalue weighted by Gasteiger charge is -2.32. The summed E-state index contributed by atoms with van der Waals surface area (Å²) < 4.78 is 55.0. The minimum atomic E-state index is -2.94. The average Bonchev–Trinajstić information content (AvgIpc) is 3.13. The molecule has 1 fully saturated rings. The molecule has 1 unspecified atom stereocenters. The van der Waals surface area contributed by atoms with Gasteiger partial charge >= 0.3 is 0 Å². The number of benzene rings is 1. The number of nitrogens with one attached hydrogen (secondary N) is 1. The van der Waals surface area contributed by atoms with Gasteiger partial charge in [0.2, 0.25) is 5.60 Å². The molecule has 39 heavy (non-hydrogen) atoms. The van der Waals surface area contributed by atoms with E-state index < -0.39 is 41.2 Å². The van der Waals surface area contributed by atoms with E-state index in [4.69, 9.17) is 11.6 Å². The number of anilines is 1. The van der Waals surface area contributed by atoms with E-state index in [1.165, 1.54) is 29.2 Å². The van der Waals surface area contributed by atoms with Crippen LogP contribution >= 0.6 is 11.6 Å². The van der Waals surface area contributed by atoms with Crippen molar-refractivity contribution in [2.24, 2.45) is 5.92 Å². The smallest absolute Gasteiger partial charge is 0.281 e. The van der Waals surface area contributed by atoms with Gasteiger partial charge in [0, 0.05) is 24.3 Å². The maximum atomic E-state index is 15.0. The Morgan fingerprint density at radius 1 is 1.13 bits per heavy atom.